The minimum atomic E-state index is -0.0990. The predicted molar refractivity (Wildman–Crippen MR) is 220 cm³/mol. The van der Waals surface area contributed by atoms with Crippen LogP contribution in [0, 0.1) is 0 Å². The Balaban J connectivity index is 1.11. The van der Waals surface area contributed by atoms with Crippen LogP contribution in [0.4, 0.5) is 17.1 Å². The van der Waals surface area contributed by atoms with Crippen LogP contribution in [0.15, 0.2) is 188 Å². The molecule has 53 heavy (non-hydrogen) atoms. The monoisotopic (exact) mass is 681 g/mol. The minimum Gasteiger partial charge on any atom is -0.485 e. The lowest BCUT2D eigenvalue weighted by Gasteiger charge is -2.29. The SMILES string of the molecule is CC1(C)c2ccccc2-c2ccc(-c3cc4c(cc3N(c3ccccc3)c3ccc(-c5ccc(-c6ccccc6)cc5)cc3)OC3C=CC=CC43)cc21. The van der Waals surface area contributed by atoms with Crippen LogP contribution in [0.2, 0.25) is 0 Å². The van der Waals surface area contributed by atoms with Gasteiger partial charge in [0.15, 0.2) is 0 Å². The maximum atomic E-state index is 6.67. The van der Waals surface area contributed by atoms with Gasteiger partial charge in [-0.1, -0.05) is 153 Å². The van der Waals surface area contributed by atoms with Crippen LogP contribution in [0.3, 0.4) is 0 Å². The molecule has 7 aromatic carbocycles. The summed E-state index contributed by atoms with van der Waals surface area (Å²) < 4.78 is 6.67. The number of para-hydroxylation sites is 1. The van der Waals surface area contributed by atoms with Gasteiger partial charge in [-0.25, -0.2) is 0 Å². The van der Waals surface area contributed by atoms with E-state index in [9.17, 15) is 0 Å². The van der Waals surface area contributed by atoms with Crippen molar-refractivity contribution in [1.29, 1.82) is 0 Å². The molecule has 0 spiro atoms. The summed E-state index contributed by atoms with van der Waals surface area (Å²) in [6.45, 7) is 4.71. The molecule has 2 unspecified atom stereocenters. The Hall–Kier alpha value is -6.38. The molecule has 7 aromatic rings. The topological polar surface area (TPSA) is 12.5 Å². The van der Waals surface area contributed by atoms with E-state index in [2.05, 4.69) is 207 Å². The molecule has 254 valence electrons. The van der Waals surface area contributed by atoms with Crippen molar-refractivity contribution in [3.8, 4) is 50.3 Å². The second kappa shape index (κ2) is 12.4. The molecule has 1 heterocycles. The summed E-state index contributed by atoms with van der Waals surface area (Å²) in [6, 6.07) is 59.7. The number of hydrogen-bond acceptors (Lipinski definition) is 2. The number of anilines is 3. The molecule has 0 fully saturated rings. The molecule has 0 bridgehead atoms. The van der Waals surface area contributed by atoms with Crippen molar-refractivity contribution in [3.05, 3.63) is 205 Å². The maximum absolute atomic E-state index is 6.67. The quantitative estimate of drug-likeness (QED) is 0.173. The van der Waals surface area contributed by atoms with Crippen LogP contribution in [0.5, 0.6) is 5.75 Å². The van der Waals surface area contributed by atoms with Gasteiger partial charge in [0.25, 0.3) is 0 Å². The zero-order chi connectivity index (χ0) is 35.5. The van der Waals surface area contributed by atoms with Crippen LogP contribution < -0.4 is 9.64 Å². The molecule has 0 saturated carbocycles. The standard InChI is InChI=1S/C51H39NO/c1-51(2)46-19-11-9-17-41(46)42-30-27-38(31-47(42)51)44-32-45-43-18-10-12-20-49(43)53-50(45)33-48(44)52(39-15-7-4-8-16-39)40-28-25-37(26-29-40)36-23-21-35(22-24-36)34-13-5-3-6-14-34/h3-33,43,49H,1-2H3. The van der Waals surface area contributed by atoms with E-state index < -0.39 is 0 Å². The Kier molecular flexibility index (Phi) is 7.33. The number of benzene rings is 7. The summed E-state index contributed by atoms with van der Waals surface area (Å²) in [5, 5.41) is 0. The first-order chi connectivity index (χ1) is 26.0. The largest absolute Gasteiger partial charge is 0.485 e. The fraction of sp³-hybridized carbons (Fsp3) is 0.0980. The number of fused-ring (bicyclic) bond motifs is 6. The van der Waals surface area contributed by atoms with Gasteiger partial charge < -0.3 is 9.64 Å². The Labute approximate surface area is 312 Å². The first kappa shape index (κ1) is 31.4. The van der Waals surface area contributed by atoms with Gasteiger partial charge in [-0.3, -0.25) is 0 Å². The summed E-state index contributed by atoms with van der Waals surface area (Å²) >= 11 is 0. The molecule has 1 aliphatic heterocycles. The zero-order valence-corrected chi connectivity index (χ0v) is 29.9. The summed E-state index contributed by atoms with van der Waals surface area (Å²) in [5.74, 6) is 1.13. The summed E-state index contributed by atoms with van der Waals surface area (Å²) in [7, 11) is 0. The average Bonchev–Trinajstić information content (AvgIpc) is 3.69. The molecule has 0 amide bonds. The molecular weight excluding hydrogens is 643 g/mol. The highest BCUT2D eigenvalue weighted by atomic mass is 16.5. The van der Waals surface area contributed by atoms with Crippen molar-refractivity contribution < 1.29 is 4.74 Å². The lowest BCUT2D eigenvalue weighted by Crippen LogP contribution is -2.15. The molecule has 0 N–H and O–H groups in total. The van der Waals surface area contributed by atoms with Gasteiger partial charge in [0.2, 0.25) is 0 Å². The van der Waals surface area contributed by atoms with Crippen LogP contribution >= 0.6 is 0 Å². The first-order valence-electron chi connectivity index (χ1n) is 18.6. The number of nitrogens with zero attached hydrogens (tertiary/aromatic N) is 1. The molecule has 2 atom stereocenters. The van der Waals surface area contributed by atoms with E-state index in [-0.39, 0.29) is 17.4 Å². The highest BCUT2D eigenvalue weighted by Crippen LogP contribution is 2.53. The predicted octanol–water partition coefficient (Wildman–Crippen LogP) is 13.4. The van der Waals surface area contributed by atoms with Gasteiger partial charge in [0, 0.05) is 39.9 Å². The van der Waals surface area contributed by atoms with E-state index in [1.165, 1.54) is 61.2 Å². The minimum absolute atomic E-state index is 0.00397. The van der Waals surface area contributed by atoms with Gasteiger partial charge in [-0.05, 0) is 92.5 Å². The third-order valence-electron chi connectivity index (χ3n) is 11.4. The fourth-order valence-electron chi connectivity index (χ4n) is 8.66. The molecule has 2 heteroatoms. The summed E-state index contributed by atoms with van der Waals surface area (Å²) in [6.07, 6.45) is 8.71. The third-order valence-corrected chi connectivity index (χ3v) is 11.4. The van der Waals surface area contributed by atoms with E-state index in [4.69, 9.17) is 4.74 Å². The Morgan fingerprint density at radius 2 is 1.04 bits per heavy atom. The van der Waals surface area contributed by atoms with Gasteiger partial charge in [0.05, 0.1) is 5.69 Å². The number of ether oxygens (including phenoxy) is 1. The molecule has 2 nitrogen and oxygen atoms in total. The molecule has 0 saturated heterocycles. The van der Waals surface area contributed by atoms with Crippen molar-refractivity contribution in [3.63, 3.8) is 0 Å². The van der Waals surface area contributed by atoms with Gasteiger partial charge >= 0.3 is 0 Å². The Morgan fingerprint density at radius 3 is 1.77 bits per heavy atom. The van der Waals surface area contributed by atoms with E-state index >= 15 is 0 Å². The smallest absolute Gasteiger partial charge is 0.128 e. The maximum Gasteiger partial charge on any atom is 0.128 e. The van der Waals surface area contributed by atoms with Gasteiger partial charge in [0.1, 0.15) is 11.9 Å². The zero-order valence-electron chi connectivity index (χ0n) is 29.9. The van der Waals surface area contributed by atoms with Crippen molar-refractivity contribution in [2.24, 2.45) is 0 Å². The fourth-order valence-corrected chi connectivity index (χ4v) is 8.66. The van der Waals surface area contributed by atoms with Crippen molar-refractivity contribution >= 4 is 17.1 Å². The van der Waals surface area contributed by atoms with Crippen LogP contribution in [-0.2, 0) is 5.41 Å². The third kappa shape index (κ3) is 5.25. The van der Waals surface area contributed by atoms with Gasteiger partial charge in [-0.2, -0.15) is 0 Å². The Morgan fingerprint density at radius 1 is 0.472 bits per heavy atom. The van der Waals surface area contributed by atoms with E-state index in [0.717, 1.165) is 22.8 Å². The van der Waals surface area contributed by atoms with E-state index in [1.54, 1.807) is 0 Å². The lowest BCUT2D eigenvalue weighted by molar-refractivity contribution is 0.269. The highest BCUT2D eigenvalue weighted by Gasteiger charge is 2.37. The number of allylic oxidation sites excluding steroid dienone is 2. The number of rotatable bonds is 6. The average molecular weight is 682 g/mol. The molecule has 3 aliphatic rings. The van der Waals surface area contributed by atoms with Crippen molar-refractivity contribution in [1.82, 2.24) is 0 Å². The molecular formula is C51H39NO. The second-order valence-corrected chi connectivity index (χ2v) is 14.9. The van der Waals surface area contributed by atoms with Crippen LogP contribution in [0.25, 0.3) is 44.5 Å². The first-order valence-corrected chi connectivity index (χ1v) is 18.6. The van der Waals surface area contributed by atoms with E-state index in [1.807, 2.05) is 0 Å². The lowest BCUT2D eigenvalue weighted by atomic mass is 9.81. The molecule has 10 rings (SSSR count). The second-order valence-electron chi connectivity index (χ2n) is 14.9. The van der Waals surface area contributed by atoms with Crippen LogP contribution in [-0.4, -0.2) is 6.10 Å². The molecule has 0 radical (unpaired) electrons. The van der Waals surface area contributed by atoms with Crippen molar-refractivity contribution in [2.75, 3.05) is 4.90 Å². The van der Waals surface area contributed by atoms with Crippen LogP contribution in [0.1, 0.15) is 36.5 Å². The van der Waals surface area contributed by atoms with E-state index in [0.29, 0.717) is 0 Å². The normalized spacial score (nSPS) is 17.0. The number of hydrogen-bond donors (Lipinski definition) is 0. The highest BCUT2D eigenvalue weighted by molar-refractivity contribution is 5.92. The van der Waals surface area contributed by atoms with Crippen molar-refractivity contribution in [2.45, 2.75) is 31.3 Å². The summed E-state index contributed by atoms with van der Waals surface area (Å²) in [4.78, 5) is 2.39. The molecule has 0 aromatic heterocycles. The Bertz CT molecular complexity index is 2540. The summed E-state index contributed by atoms with van der Waals surface area (Å²) in [5.41, 5.74) is 17.0. The molecule has 2 aliphatic carbocycles. The van der Waals surface area contributed by atoms with Gasteiger partial charge in [-0.15, -0.1) is 0 Å².